The van der Waals surface area contributed by atoms with Crippen molar-refractivity contribution in [2.45, 2.75) is 50.4 Å². The standard InChI is InChI=1S/C10H19NO4/c1-10(11,9(14)15)5-6-2-3-7(12)8(13)4-6/h6-8,12-13H,2-5,11H2,1H3,(H,14,15)/t6?,7?,8?,10-/m0/s1. The van der Waals surface area contributed by atoms with Gasteiger partial charge < -0.3 is 21.1 Å². The molecule has 4 atom stereocenters. The molecule has 1 aliphatic rings. The molecule has 1 aliphatic carbocycles. The SMILES string of the molecule is C[C@](N)(CC1CCC(O)C(O)C1)C(=O)O. The zero-order valence-electron chi connectivity index (χ0n) is 8.89. The van der Waals surface area contributed by atoms with Crippen LogP contribution in [0.2, 0.25) is 0 Å². The lowest BCUT2D eigenvalue weighted by Crippen LogP contribution is -2.47. The molecule has 5 heteroatoms. The average molecular weight is 217 g/mol. The zero-order chi connectivity index (χ0) is 11.6. The molecule has 0 aliphatic heterocycles. The second-order valence-electron chi connectivity index (χ2n) is 4.74. The minimum atomic E-state index is -1.24. The zero-order valence-corrected chi connectivity index (χ0v) is 8.89. The van der Waals surface area contributed by atoms with Gasteiger partial charge in [0.05, 0.1) is 12.2 Å². The predicted octanol–water partition coefficient (Wildman–Crippen LogP) is -0.300. The van der Waals surface area contributed by atoms with Crippen molar-refractivity contribution in [1.29, 1.82) is 0 Å². The van der Waals surface area contributed by atoms with Crippen LogP contribution in [0.5, 0.6) is 0 Å². The van der Waals surface area contributed by atoms with Crippen molar-refractivity contribution in [1.82, 2.24) is 0 Å². The van der Waals surface area contributed by atoms with Gasteiger partial charge in [-0.15, -0.1) is 0 Å². The van der Waals surface area contributed by atoms with Crippen molar-refractivity contribution in [2.24, 2.45) is 11.7 Å². The van der Waals surface area contributed by atoms with Crippen molar-refractivity contribution in [3.63, 3.8) is 0 Å². The summed E-state index contributed by atoms with van der Waals surface area (Å²) >= 11 is 0. The molecular formula is C10H19NO4. The number of hydrogen-bond donors (Lipinski definition) is 4. The quantitative estimate of drug-likeness (QED) is 0.519. The Labute approximate surface area is 88.9 Å². The van der Waals surface area contributed by atoms with Crippen LogP contribution in [0.25, 0.3) is 0 Å². The Morgan fingerprint density at radius 3 is 2.47 bits per heavy atom. The number of aliphatic hydroxyl groups is 2. The van der Waals surface area contributed by atoms with E-state index in [1.165, 1.54) is 6.92 Å². The van der Waals surface area contributed by atoms with E-state index in [9.17, 15) is 15.0 Å². The molecular weight excluding hydrogens is 198 g/mol. The van der Waals surface area contributed by atoms with Gasteiger partial charge in [0.25, 0.3) is 0 Å². The number of rotatable bonds is 3. The van der Waals surface area contributed by atoms with E-state index >= 15 is 0 Å². The molecule has 88 valence electrons. The maximum atomic E-state index is 10.8. The number of carbonyl (C=O) groups is 1. The van der Waals surface area contributed by atoms with Crippen LogP contribution in [0.4, 0.5) is 0 Å². The van der Waals surface area contributed by atoms with E-state index in [2.05, 4.69) is 0 Å². The monoisotopic (exact) mass is 217 g/mol. The van der Waals surface area contributed by atoms with Gasteiger partial charge in [-0.25, -0.2) is 0 Å². The Kier molecular flexibility index (Phi) is 3.70. The van der Waals surface area contributed by atoms with E-state index in [-0.39, 0.29) is 5.92 Å². The molecule has 5 nitrogen and oxygen atoms in total. The summed E-state index contributed by atoms with van der Waals surface area (Å²) in [6, 6.07) is 0. The Hall–Kier alpha value is -0.650. The summed E-state index contributed by atoms with van der Waals surface area (Å²) in [4.78, 5) is 10.8. The highest BCUT2D eigenvalue weighted by atomic mass is 16.4. The van der Waals surface area contributed by atoms with Crippen LogP contribution in [-0.4, -0.2) is 39.0 Å². The first-order valence-electron chi connectivity index (χ1n) is 5.21. The van der Waals surface area contributed by atoms with Gasteiger partial charge in [0.1, 0.15) is 5.54 Å². The van der Waals surface area contributed by atoms with Crippen LogP contribution >= 0.6 is 0 Å². The third-order valence-corrected chi connectivity index (χ3v) is 3.09. The molecule has 0 radical (unpaired) electrons. The van der Waals surface area contributed by atoms with Crippen molar-refractivity contribution in [2.75, 3.05) is 0 Å². The van der Waals surface area contributed by atoms with Crippen LogP contribution < -0.4 is 5.73 Å². The largest absolute Gasteiger partial charge is 0.480 e. The molecule has 1 rings (SSSR count). The van der Waals surface area contributed by atoms with Gasteiger partial charge in [0.2, 0.25) is 0 Å². The van der Waals surface area contributed by atoms with E-state index in [0.717, 1.165) is 6.42 Å². The average Bonchev–Trinajstić information content (AvgIpc) is 2.10. The Balaban J connectivity index is 2.50. The van der Waals surface area contributed by atoms with Crippen molar-refractivity contribution in [3.05, 3.63) is 0 Å². The third-order valence-electron chi connectivity index (χ3n) is 3.09. The number of nitrogens with two attached hydrogens (primary N) is 1. The maximum Gasteiger partial charge on any atom is 0.323 e. The van der Waals surface area contributed by atoms with Gasteiger partial charge in [0.15, 0.2) is 0 Å². The fourth-order valence-electron chi connectivity index (χ4n) is 2.09. The Bertz CT molecular complexity index is 242. The van der Waals surface area contributed by atoms with E-state index in [4.69, 9.17) is 10.8 Å². The lowest BCUT2D eigenvalue weighted by Gasteiger charge is -2.33. The Morgan fingerprint density at radius 2 is 2.00 bits per heavy atom. The lowest BCUT2D eigenvalue weighted by atomic mass is 9.78. The molecule has 3 unspecified atom stereocenters. The summed E-state index contributed by atoms with van der Waals surface area (Å²) in [5.74, 6) is -0.947. The van der Waals surface area contributed by atoms with E-state index in [1.807, 2.05) is 0 Å². The first-order chi connectivity index (χ1) is 6.83. The predicted molar refractivity (Wildman–Crippen MR) is 54.2 cm³/mol. The van der Waals surface area contributed by atoms with Gasteiger partial charge in [-0.2, -0.15) is 0 Å². The fraction of sp³-hybridized carbons (Fsp3) is 0.900. The lowest BCUT2D eigenvalue weighted by molar-refractivity contribution is -0.143. The number of carboxylic acids is 1. The van der Waals surface area contributed by atoms with Crippen LogP contribution in [0.1, 0.15) is 32.6 Å². The maximum absolute atomic E-state index is 10.8. The second kappa shape index (κ2) is 4.47. The topological polar surface area (TPSA) is 104 Å². The highest BCUT2D eigenvalue weighted by Crippen LogP contribution is 2.30. The van der Waals surface area contributed by atoms with Crippen LogP contribution in [0.15, 0.2) is 0 Å². The molecule has 1 fully saturated rings. The molecule has 5 N–H and O–H groups in total. The molecule has 0 amide bonds. The van der Waals surface area contributed by atoms with Crippen LogP contribution in [0, 0.1) is 5.92 Å². The molecule has 1 saturated carbocycles. The number of hydrogen-bond acceptors (Lipinski definition) is 4. The highest BCUT2D eigenvalue weighted by molar-refractivity contribution is 5.77. The summed E-state index contributed by atoms with van der Waals surface area (Å²) in [6.07, 6.45) is 0.594. The van der Waals surface area contributed by atoms with Gasteiger partial charge >= 0.3 is 5.97 Å². The molecule has 0 aromatic rings. The minimum Gasteiger partial charge on any atom is -0.480 e. The summed E-state index contributed by atoms with van der Waals surface area (Å²) in [5.41, 5.74) is 4.38. The summed E-state index contributed by atoms with van der Waals surface area (Å²) < 4.78 is 0. The molecule has 0 aromatic heterocycles. The number of aliphatic hydroxyl groups excluding tert-OH is 2. The summed E-state index contributed by atoms with van der Waals surface area (Å²) in [5, 5.41) is 27.6. The second-order valence-corrected chi connectivity index (χ2v) is 4.74. The van der Waals surface area contributed by atoms with Gasteiger partial charge in [-0.3, -0.25) is 4.79 Å². The molecule has 0 aromatic carbocycles. The smallest absolute Gasteiger partial charge is 0.323 e. The van der Waals surface area contributed by atoms with E-state index < -0.39 is 23.7 Å². The normalized spacial score (nSPS) is 35.9. The Morgan fingerprint density at radius 1 is 1.40 bits per heavy atom. The van der Waals surface area contributed by atoms with E-state index in [1.54, 1.807) is 0 Å². The molecule has 15 heavy (non-hydrogen) atoms. The molecule has 0 saturated heterocycles. The third kappa shape index (κ3) is 3.15. The fourth-order valence-corrected chi connectivity index (χ4v) is 2.09. The van der Waals surface area contributed by atoms with Crippen molar-refractivity contribution >= 4 is 5.97 Å². The van der Waals surface area contributed by atoms with E-state index in [0.29, 0.717) is 19.3 Å². The van der Waals surface area contributed by atoms with Crippen molar-refractivity contribution < 1.29 is 20.1 Å². The molecule has 0 bridgehead atoms. The van der Waals surface area contributed by atoms with Gasteiger partial charge in [-0.05, 0) is 38.5 Å². The first-order valence-corrected chi connectivity index (χ1v) is 5.21. The summed E-state index contributed by atoms with van der Waals surface area (Å²) in [6.45, 7) is 1.48. The number of carboxylic acid groups (broad SMARTS) is 1. The van der Waals surface area contributed by atoms with Gasteiger partial charge in [0, 0.05) is 0 Å². The highest BCUT2D eigenvalue weighted by Gasteiger charge is 2.35. The molecule has 0 heterocycles. The first kappa shape index (κ1) is 12.4. The number of aliphatic carboxylic acids is 1. The minimum absolute atomic E-state index is 0.0782. The van der Waals surface area contributed by atoms with Crippen molar-refractivity contribution in [3.8, 4) is 0 Å². The van der Waals surface area contributed by atoms with Gasteiger partial charge in [-0.1, -0.05) is 0 Å². The summed E-state index contributed by atoms with van der Waals surface area (Å²) in [7, 11) is 0. The van der Waals surface area contributed by atoms with Crippen LogP contribution in [0.3, 0.4) is 0 Å². The van der Waals surface area contributed by atoms with Crippen LogP contribution in [-0.2, 0) is 4.79 Å². The molecule has 0 spiro atoms.